The van der Waals surface area contributed by atoms with Crippen LogP contribution in [0.3, 0.4) is 0 Å². The van der Waals surface area contributed by atoms with Gasteiger partial charge in [0.05, 0.1) is 0 Å². The average molecular weight is 362 g/mol. The summed E-state index contributed by atoms with van der Waals surface area (Å²) in [5, 5.41) is 0. The molecule has 2 aliphatic rings. The van der Waals surface area contributed by atoms with E-state index in [-0.39, 0.29) is 0 Å². The summed E-state index contributed by atoms with van der Waals surface area (Å²) in [5.74, 6) is 0. The van der Waals surface area contributed by atoms with E-state index in [0.29, 0.717) is 0 Å². The fraction of sp³-hybridized carbons (Fsp3) is 0.429. The molecule has 0 aliphatic heterocycles. The van der Waals surface area contributed by atoms with Gasteiger partial charge in [-0.05, 0) is 0 Å². The van der Waals surface area contributed by atoms with Gasteiger partial charge in [0.25, 0.3) is 0 Å². The Kier molecular flexibility index (Phi) is 2.47. The molecule has 0 radical (unpaired) electrons. The zero-order valence-corrected chi connectivity index (χ0v) is 12.8. The van der Waals surface area contributed by atoms with E-state index in [4.69, 9.17) is 0 Å². The molecule has 2 aliphatic carbocycles. The minimum absolute atomic E-state index is 1.24. The van der Waals surface area contributed by atoms with Crippen LogP contribution in [0.1, 0.15) is 42.0 Å². The number of allylic oxidation sites excluding steroid dienone is 2. The van der Waals surface area contributed by atoms with Crippen molar-refractivity contribution < 1.29 is 24.4 Å². The van der Waals surface area contributed by atoms with E-state index in [1.165, 1.54) is 56.5 Å². The molecule has 3 rings (SSSR count). The maximum atomic E-state index is 2.39. The normalized spacial score (nSPS) is 18.1. The van der Waals surface area contributed by atoms with Gasteiger partial charge in [-0.25, -0.2) is 0 Å². The summed E-state index contributed by atoms with van der Waals surface area (Å²) in [6, 6.07) is 4.77. The summed E-state index contributed by atoms with van der Waals surface area (Å²) in [6.07, 6.45) is 6.52. The van der Waals surface area contributed by atoms with E-state index < -0.39 is 0 Å². The number of benzene rings is 1. The molecule has 0 atom stereocenters. The van der Waals surface area contributed by atoms with Gasteiger partial charge in [-0.1, -0.05) is 0 Å². The monoisotopic (exact) mass is 363 g/mol. The Hall–Kier alpha value is -0.170. The van der Waals surface area contributed by atoms with E-state index in [0.717, 1.165) is 0 Å². The first kappa shape index (κ1) is 10.0. The molecular formula is C14H15Hf. The SMILES string of the molecule is CCC1=[C]([Hf])Cc2ccc3c(c21)CCC3. The standard InChI is InChI=1S/C14H15.Hf/c1-2-10-6-8-12-9-7-11-4-3-5-13(11)14(10)12;/h7,9H,2-5,8H2,1H3;. The Balaban J connectivity index is 2.24. The van der Waals surface area contributed by atoms with Crippen molar-refractivity contribution in [3.63, 3.8) is 0 Å². The second-order valence-electron chi connectivity index (χ2n) is 4.58. The molecule has 75 valence electrons. The van der Waals surface area contributed by atoms with Crippen molar-refractivity contribution in [1.82, 2.24) is 0 Å². The number of aryl methyl sites for hydroxylation is 1. The topological polar surface area (TPSA) is 0 Å². The maximum absolute atomic E-state index is 2.39. The number of hydrogen-bond donors (Lipinski definition) is 0. The van der Waals surface area contributed by atoms with Crippen LogP contribution >= 0.6 is 0 Å². The Labute approximate surface area is 106 Å². The van der Waals surface area contributed by atoms with E-state index >= 15 is 0 Å². The van der Waals surface area contributed by atoms with Crippen LogP contribution in [0.5, 0.6) is 0 Å². The van der Waals surface area contributed by atoms with Crippen LogP contribution in [0.25, 0.3) is 5.57 Å². The van der Waals surface area contributed by atoms with Gasteiger partial charge in [0.2, 0.25) is 0 Å². The molecule has 0 spiro atoms. The van der Waals surface area contributed by atoms with Crippen molar-refractivity contribution in [2.24, 2.45) is 0 Å². The number of hydrogen-bond acceptors (Lipinski definition) is 0. The summed E-state index contributed by atoms with van der Waals surface area (Å²) in [5.41, 5.74) is 8.34. The molecule has 15 heavy (non-hydrogen) atoms. The molecule has 0 saturated heterocycles. The van der Waals surface area contributed by atoms with Gasteiger partial charge in [0.15, 0.2) is 0 Å². The second kappa shape index (κ2) is 3.69. The Morgan fingerprint density at radius 2 is 2.00 bits per heavy atom. The van der Waals surface area contributed by atoms with E-state index in [1.54, 1.807) is 31.2 Å². The van der Waals surface area contributed by atoms with Gasteiger partial charge in [-0.2, -0.15) is 0 Å². The van der Waals surface area contributed by atoms with Crippen LogP contribution in [0.2, 0.25) is 0 Å². The fourth-order valence-corrected chi connectivity index (χ4v) is 4.84. The molecular weight excluding hydrogens is 347 g/mol. The van der Waals surface area contributed by atoms with Crippen LogP contribution in [-0.4, -0.2) is 0 Å². The Morgan fingerprint density at radius 3 is 2.80 bits per heavy atom. The zero-order chi connectivity index (χ0) is 10.4. The van der Waals surface area contributed by atoms with E-state index in [9.17, 15) is 0 Å². The summed E-state index contributed by atoms with van der Waals surface area (Å²) in [4.78, 5) is 0. The van der Waals surface area contributed by atoms with Crippen LogP contribution < -0.4 is 0 Å². The first-order chi connectivity index (χ1) is 7.31. The Morgan fingerprint density at radius 1 is 1.20 bits per heavy atom. The van der Waals surface area contributed by atoms with Crippen LogP contribution in [0.15, 0.2) is 15.5 Å². The summed E-state index contributed by atoms with van der Waals surface area (Å²) >= 11 is 1.25. The third-order valence-corrected chi connectivity index (χ3v) is 5.48. The van der Waals surface area contributed by atoms with Crippen LogP contribution in [-0.2, 0) is 43.6 Å². The molecule has 0 fully saturated rings. The first-order valence-corrected chi connectivity index (χ1v) is 7.68. The predicted octanol–water partition coefficient (Wildman–Crippen LogP) is 3.40. The molecule has 0 bridgehead atoms. The van der Waals surface area contributed by atoms with E-state index in [2.05, 4.69) is 19.1 Å². The molecule has 1 heteroatoms. The Bertz CT molecular complexity index is 455. The molecule has 0 nitrogen and oxygen atoms in total. The van der Waals surface area contributed by atoms with Gasteiger partial charge in [-0.3, -0.25) is 0 Å². The van der Waals surface area contributed by atoms with Crippen molar-refractivity contribution in [3.05, 3.63) is 37.7 Å². The summed E-state index contributed by atoms with van der Waals surface area (Å²) in [6.45, 7) is 2.32. The number of fused-ring (bicyclic) bond motifs is 3. The summed E-state index contributed by atoms with van der Waals surface area (Å²) in [7, 11) is 0. The molecule has 1 aromatic carbocycles. The van der Waals surface area contributed by atoms with Crippen LogP contribution in [0.4, 0.5) is 0 Å². The predicted molar refractivity (Wildman–Crippen MR) is 59.4 cm³/mol. The fourth-order valence-electron chi connectivity index (χ4n) is 3.08. The van der Waals surface area contributed by atoms with Gasteiger partial charge in [0.1, 0.15) is 0 Å². The average Bonchev–Trinajstić information content (AvgIpc) is 2.78. The van der Waals surface area contributed by atoms with Crippen molar-refractivity contribution in [3.8, 4) is 0 Å². The summed E-state index contributed by atoms with van der Waals surface area (Å²) < 4.78 is 1.74. The molecule has 1 aromatic rings. The van der Waals surface area contributed by atoms with Crippen molar-refractivity contribution in [2.45, 2.75) is 39.0 Å². The molecule has 0 amide bonds. The van der Waals surface area contributed by atoms with Crippen LogP contribution in [0, 0.1) is 0 Å². The van der Waals surface area contributed by atoms with Crippen molar-refractivity contribution in [1.29, 1.82) is 0 Å². The molecule has 0 unspecified atom stereocenters. The molecule has 0 aromatic heterocycles. The third kappa shape index (κ3) is 1.43. The zero-order valence-electron chi connectivity index (χ0n) is 9.19. The van der Waals surface area contributed by atoms with E-state index in [1.807, 2.05) is 0 Å². The first-order valence-electron chi connectivity index (χ1n) is 5.89. The minimum atomic E-state index is 1.24. The second-order valence-corrected chi connectivity index (χ2v) is 6.75. The molecule has 0 N–H and O–H groups in total. The van der Waals surface area contributed by atoms with Gasteiger partial charge < -0.3 is 0 Å². The van der Waals surface area contributed by atoms with Gasteiger partial charge in [-0.15, -0.1) is 0 Å². The molecule has 0 heterocycles. The van der Waals surface area contributed by atoms with Gasteiger partial charge in [0, 0.05) is 0 Å². The van der Waals surface area contributed by atoms with Gasteiger partial charge >= 0.3 is 107 Å². The number of rotatable bonds is 1. The van der Waals surface area contributed by atoms with Crippen molar-refractivity contribution in [2.75, 3.05) is 0 Å². The quantitative estimate of drug-likeness (QED) is 0.673. The third-order valence-electron chi connectivity index (χ3n) is 3.76. The van der Waals surface area contributed by atoms with Crippen molar-refractivity contribution >= 4 is 5.57 Å². The molecule has 0 saturated carbocycles.